The van der Waals surface area contributed by atoms with Crippen molar-refractivity contribution in [3.8, 4) is 17.0 Å². The molecule has 3 N–H and O–H groups in total. The molecule has 0 bridgehead atoms. The minimum absolute atomic E-state index is 0.0398. The quantitative estimate of drug-likeness (QED) is 0.462. The van der Waals surface area contributed by atoms with Crippen LogP contribution in [0.15, 0.2) is 36.7 Å². The number of hydrogen-bond acceptors (Lipinski definition) is 5. The van der Waals surface area contributed by atoms with Crippen LogP contribution in [0.1, 0.15) is 35.0 Å². The Labute approximate surface area is 197 Å². The van der Waals surface area contributed by atoms with Crippen molar-refractivity contribution >= 4 is 28.9 Å². The van der Waals surface area contributed by atoms with Crippen LogP contribution in [-0.2, 0) is 11.2 Å². The molecule has 7 nitrogen and oxygen atoms in total. The summed E-state index contributed by atoms with van der Waals surface area (Å²) in [5.41, 5.74) is 5.53. The van der Waals surface area contributed by atoms with Gasteiger partial charge in [-0.05, 0) is 31.0 Å². The number of amides is 1. The van der Waals surface area contributed by atoms with E-state index in [9.17, 15) is 4.79 Å². The number of nitrogens with one attached hydrogen (secondary N) is 3. The van der Waals surface area contributed by atoms with E-state index in [4.69, 9.17) is 21.1 Å². The van der Waals surface area contributed by atoms with E-state index in [-0.39, 0.29) is 11.3 Å². The Morgan fingerprint density at radius 3 is 2.91 bits per heavy atom. The Morgan fingerprint density at radius 2 is 2.15 bits per heavy atom. The van der Waals surface area contributed by atoms with Gasteiger partial charge >= 0.3 is 0 Å². The average Bonchev–Trinajstić information content (AvgIpc) is 3.16. The maximum Gasteiger partial charge on any atom is 0.255 e. The molecule has 0 spiro atoms. The molecule has 8 heteroatoms. The van der Waals surface area contributed by atoms with E-state index in [1.807, 2.05) is 31.2 Å². The number of aromatic nitrogens is 2. The first kappa shape index (κ1) is 21.8. The van der Waals surface area contributed by atoms with E-state index in [1.54, 1.807) is 12.4 Å². The molecule has 33 heavy (non-hydrogen) atoms. The number of anilines is 2. The summed E-state index contributed by atoms with van der Waals surface area (Å²) in [5, 5.41) is 7.00. The molecule has 1 aromatic carbocycles. The van der Waals surface area contributed by atoms with Crippen LogP contribution in [0.2, 0.25) is 5.02 Å². The fourth-order valence-electron chi connectivity index (χ4n) is 4.30. The summed E-state index contributed by atoms with van der Waals surface area (Å²) < 4.78 is 11.7. The van der Waals surface area contributed by atoms with Gasteiger partial charge in [0.2, 0.25) is 0 Å². The second-order valence-corrected chi connectivity index (χ2v) is 9.18. The molecule has 2 aliphatic heterocycles. The summed E-state index contributed by atoms with van der Waals surface area (Å²) in [6.45, 7) is 6.66. The summed E-state index contributed by atoms with van der Waals surface area (Å²) in [4.78, 5) is 20.6. The third-order valence-corrected chi connectivity index (χ3v) is 7.07. The number of carbonyl (C=O) groups is 1. The third-order valence-electron chi connectivity index (χ3n) is 6.57. The highest BCUT2D eigenvalue weighted by atomic mass is 35.5. The zero-order chi connectivity index (χ0) is 23.0. The number of hydrogen-bond donors (Lipinski definition) is 3. The molecule has 2 aliphatic rings. The zero-order valence-electron chi connectivity index (χ0n) is 18.8. The molecule has 0 aliphatic carbocycles. The zero-order valence-corrected chi connectivity index (χ0v) is 19.5. The molecule has 3 aromatic rings. The second kappa shape index (κ2) is 8.72. The fourth-order valence-corrected chi connectivity index (χ4v) is 4.47. The van der Waals surface area contributed by atoms with Gasteiger partial charge in [-0.15, -0.1) is 0 Å². The number of rotatable bonds is 7. The average molecular weight is 467 g/mol. The van der Waals surface area contributed by atoms with Gasteiger partial charge in [-0.2, -0.15) is 0 Å². The molecule has 1 saturated heterocycles. The van der Waals surface area contributed by atoms with Crippen LogP contribution in [0.25, 0.3) is 11.3 Å². The van der Waals surface area contributed by atoms with E-state index in [0.29, 0.717) is 48.4 Å². The molecule has 5 rings (SSSR count). The Bertz CT molecular complexity index is 1200. The van der Waals surface area contributed by atoms with Gasteiger partial charge in [0.05, 0.1) is 59.1 Å². The molecule has 1 fully saturated rings. The van der Waals surface area contributed by atoms with Crippen molar-refractivity contribution in [3.63, 3.8) is 0 Å². The van der Waals surface area contributed by atoms with Crippen LogP contribution < -0.4 is 15.4 Å². The summed E-state index contributed by atoms with van der Waals surface area (Å²) >= 11 is 6.58. The molecular formula is C25H27ClN4O3. The van der Waals surface area contributed by atoms with Crippen LogP contribution in [0.3, 0.4) is 0 Å². The molecule has 0 saturated carbocycles. The van der Waals surface area contributed by atoms with Gasteiger partial charge in [0.25, 0.3) is 5.91 Å². The van der Waals surface area contributed by atoms with E-state index >= 15 is 0 Å². The highest BCUT2D eigenvalue weighted by Gasteiger charge is 2.38. The lowest BCUT2D eigenvalue weighted by Gasteiger charge is -2.40. The monoisotopic (exact) mass is 466 g/mol. The number of halogens is 1. The number of fused-ring (bicyclic) bond motifs is 1. The second-order valence-electron chi connectivity index (χ2n) is 8.80. The van der Waals surface area contributed by atoms with Gasteiger partial charge in [0.1, 0.15) is 5.75 Å². The summed E-state index contributed by atoms with van der Waals surface area (Å²) in [6, 6.07) is 7.71. The van der Waals surface area contributed by atoms with Gasteiger partial charge in [0, 0.05) is 30.4 Å². The normalized spacial score (nSPS) is 16.5. The van der Waals surface area contributed by atoms with E-state index in [2.05, 4.69) is 27.5 Å². The molecular weight excluding hydrogens is 440 g/mol. The lowest BCUT2D eigenvalue weighted by molar-refractivity contribution is -0.133. The number of benzene rings is 1. The van der Waals surface area contributed by atoms with Gasteiger partial charge in [-0.3, -0.25) is 9.78 Å². The largest absolute Gasteiger partial charge is 0.490 e. The fraction of sp³-hybridized carbons (Fsp3) is 0.360. The van der Waals surface area contributed by atoms with Gasteiger partial charge in [-0.25, -0.2) is 0 Å². The maximum absolute atomic E-state index is 12.9. The van der Waals surface area contributed by atoms with Crippen molar-refractivity contribution in [1.29, 1.82) is 0 Å². The Morgan fingerprint density at radius 1 is 1.30 bits per heavy atom. The molecule has 0 unspecified atom stereocenters. The Hall–Kier alpha value is -3.03. The van der Waals surface area contributed by atoms with E-state index in [0.717, 1.165) is 41.0 Å². The first-order valence-electron chi connectivity index (χ1n) is 11.2. The number of aryl methyl sites for hydroxylation is 1. The van der Waals surface area contributed by atoms with Gasteiger partial charge in [0.15, 0.2) is 0 Å². The minimum atomic E-state index is -0.113. The van der Waals surface area contributed by atoms with E-state index < -0.39 is 0 Å². The summed E-state index contributed by atoms with van der Waals surface area (Å²) in [5.74, 6) is 0.549. The minimum Gasteiger partial charge on any atom is -0.490 e. The number of pyridine rings is 1. The number of carbonyl (C=O) groups excluding carboxylic acids is 1. The van der Waals surface area contributed by atoms with Crippen molar-refractivity contribution in [3.05, 3.63) is 58.5 Å². The van der Waals surface area contributed by atoms with Crippen LogP contribution in [-0.4, -0.2) is 42.2 Å². The molecule has 0 atom stereocenters. The first-order valence-corrected chi connectivity index (χ1v) is 11.6. The van der Waals surface area contributed by atoms with Crippen molar-refractivity contribution in [2.45, 2.75) is 26.7 Å². The standard InChI is InChI=1S/C25H27ClN4O3/c1-3-25(12-32-13-25)14-33-19-11-27-9-7-16(19)22-23(20-17(29-22)8-10-28-24(20)31)30-18-6-4-5-15(2)21(18)26/h4-7,9,11,29-30H,3,8,10,12-14H2,1-2H3,(H,28,31). The predicted molar refractivity (Wildman–Crippen MR) is 129 cm³/mol. The summed E-state index contributed by atoms with van der Waals surface area (Å²) in [6.07, 6.45) is 5.15. The van der Waals surface area contributed by atoms with Crippen molar-refractivity contribution in [2.24, 2.45) is 5.41 Å². The lowest BCUT2D eigenvalue weighted by Crippen LogP contribution is -2.46. The Kier molecular flexibility index (Phi) is 5.76. The van der Waals surface area contributed by atoms with Crippen molar-refractivity contribution < 1.29 is 14.3 Å². The van der Waals surface area contributed by atoms with Crippen LogP contribution in [0, 0.1) is 12.3 Å². The van der Waals surface area contributed by atoms with E-state index in [1.165, 1.54) is 0 Å². The Balaban J connectivity index is 1.58. The van der Waals surface area contributed by atoms with Crippen molar-refractivity contribution in [1.82, 2.24) is 15.3 Å². The molecule has 1 amide bonds. The molecule has 0 radical (unpaired) electrons. The predicted octanol–water partition coefficient (Wildman–Crippen LogP) is 4.87. The maximum atomic E-state index is 12.9. The smallest absolute Gasteiger partial charge is 0.255 e. The molecule has 2 aromatic heterocycles. The SMILES string of the molecule is CCC1(COc2cnccc2-c2[nH]c3c(c2Nc2cccc(C)c2Cl)C(=O)NCC3)COC1. The van der Waals surface area contributed by atoms with Crippen LogP contribution >= 0.6 is 11.6 Å². The first-order chi connectivity index (χ1) is 16.0. The van der Waals surface area contributed by atoms with Crippen molar-refractivity contribution in [2.75, 3.05) is 31.7 Å². The van der Waals surface area contributed by atoms with Crippen LogP contribution in [0.4, 0.5) is 11.4 Å². The highest BCUT2D eigenvalue weighted by molar-refractivity contribution is 6.34. The van der Waals surface area contributed by atoms with Crippen LogP contribution in [0.5, 0.6) is 5.75 Å². The number of nitrogens with zero attached hydrogens (tertiary/aromatic N) is 1. The summed E-state index contributed by atoms with van der Waals surface area (Å²) in [7, 11) is 0. The number of ether oxygens (including phenoxy) is 2. The topological polar surface area (TPSA) is 88.3 Å². The lowest BCUT2D eigenvalue weighted by atomic mass is 9.84. The van der Waals surface area contributed by atoms with Gasteiger partial charge < -0.3 is 25.1 Å². The number of aromatic amines is 1. The third kappa shape index (κ3) is 3.96. The van der Waals surface area contributed by atoms with Gasteiger partial charge in [-0.1, -0.05) is 30.7 Å². The molecule has 4 heterocycles. The highest BCUT2D eigenvalue weighted by Crippen LogP contribution is 2.42. The number of H-pyrrole nitrogens is 1. The molecule has 172 valence electrons.